The van der Waals surface area contributed by atoms with Crippen LogP contribution in [-0.2, 0) is 0 Å². The molecule has 0 bridgehead atoms. The lowest BCUT2D eigenvalue weighted by molar-refractivity contribution is 0.152. The SMILES string of the molecule is CNC(c1ccccc1OC)C(C)N1CCNCC1. The molecular weight excluding hydrogens is 238 g/mol. The zero-order valence-corrected chi connectivity index (χ0v) is 12.1. The van der Waals surface area contributed by atoms with Crippen LogP contribution < -0.4 is 15.4 Å². The summed E-state index contributed by atoms with van der Waals surface area (Å²) in [5, 5.41) is 6.85. The van der Waals surface area contributed by atoms with Crippen molar-refractivity contribution >= 4 is 0 Å². The molecule has 4 heteroatoms. The van der Waals surface area contributed by atoms with Gasteiger partial charge in [-0.3, -0.25) is 4.90 Å². The van der Waals surface area contributed by atoms with Gasteiger partial charge in [-0.25, -0.2) is 0 Å². The third kappa shape index (κ3) is 3.26. The molecule has 1 heterocycles. The fourth-order valence-electron chi connectivity index (χ4n) is 2.88. The molecule has 0 radical (unpaired) electrons. The van der Waals surface area contributed by atoms with E-state index in [1.807, 2.05) is 19.2 Å². The van der Waals surface area contributed by atoms with Gasteiger partial charge in [0.15, 0.2) is 0 Å². The second-order valence-corrected chi connectivity index (χ2v) is 5.03. The van der Waals surface area contributed by atoms with Crippen molar-refractivity contribution in [1.29, 1.82) is 0 Å². The minimum Gasteiger partial charge on any atom is -0.496 e. The molecule has 1 aliphatic rings. The molecule has 2 rings (SSSR count). The zero-order valence-electron chi connectivity index (χ0n) is 12.1. The highest BCUT2D eigenvalue weighted by Gasteiger charge is 2.26. The largest absolute Gasteiger partial charge is 0.496 e. The quantitative estimate of drug-likeness (QED) is 0.838. The van der Waals surface area contributed by atoms with Crippen molar-refractivity contribution in [3.05, 3.63) is 29.8 Å². The average molecular weight is 263 g/mol. The van der Waals surface area contributed by atoms with E-state index in [1.165, 1.54) is 5.56 Å². The first-order chi connectivity index (χ1) is 9.27. The summed E-state index contributed by atoms with van der Waals surface area (Å²) in [6, 6.07) is 9.01. The molecule has 0 aliphatic carbocycles. The molecule has 2 atom stereocenters. The number of benzene rings is 1. The first-order valence-electron chi connectivity index (χ1n) is 7.03. The second kappa shape index (κ2) is 6.89. The molecule has 4 nitrogen and oxygen atoms in total. The van der Waals surface area contributed by atoms with Gasteiger partial charge in [-0.15, -0.1) is 0 Å². The Bertz CT molecular complexity index is 391. The van der Waals surface area contributed by atoms with Crippen LogP contribution in [0.3, 0.4) is 0 Å². The van der Waals surface area contributed by atoms with Crippen LogP contribution >= 0.6 is 0 Å². The van der Waals surface area contributed by atoms with Crippen LogP contribution in [0.15, 0.2) is 24.3 Å². The van der Waals surface area contributed by atoms with Gasteiger partial charge in [-0.1, -0.05) is 18.2 Å². The van der Waals surface area contributed by atoms with E-state index in [0.717, 1.165) is 31.9 Å². The van der Waals surface area contributed by atoms with E-state index in [1.54, 1.807) is 7.11 Å². The molecule has 1 fully saturated rings. The lowest BCUT2D eigenvalue weighted by Crippen LogP contribution is -2.51. The van der Waals surface area contributed by atoms with E-state index in [0.29, 0.717) is 6.04 Å². The number of likely N-dealkylation sites (N-methyl/N-ethyl adjacent to an activating group) is 1. The van der Waals surface area contributed by atoms with Gasteiger partial charge in [0.25, 0.3) is 0 Å². The number of piperazine rings is 1. The Morgan fingerprint density at radius 3 is 2.58 bits per heavy atom. The van der Waals surface area contributed by atoms with E-state index in [-0.39, 0.29) is 6.04 Å². The van der Waals surface area contributed by atoms with Crippen molar-refractivity contribution in [3.63, 3.8) is 0 Å². The summed E-state index contributed by atoms with van der Waals surface area (Å²) in [7, 11) is 3.76. The highest BCUT2D eigenvalue weighted by Crippen LogP contribution is 2.28. The molecule has 1 aromatic carbocycles. The summed E-state index contributed by atoms with van der Waals surface area (Å²) in [5.41, 5.74) is 1.23. The molecule has 0 spiro atoms. The lowest BCUT2D eigenvalue weighted by atomic mass is 9.98. The molecule has 1 aliphatic heterocycles. The first kappa shape index (κ1) is 14.3. The van der Waals surface area contributed by atoms with Gasteiger partial charge in [0.05, 0.1) is 13.2 Å². The van der Waals surface area contributed by atoms with Crippen molar-refractivity contribution in [1.82, 2.24) is 15.5 Å². The van der Waals surface area contributed by atoms with E-state index in [9.17, 15) is 0 Å². The molecule has 106 valence electrons. The summed E-state index contributed by atoms with van der Waals surface area (Å²) in [6.45, 7) is 6.65. The molecule has 1 aromatic rings. The fourth-order valence-corrected chi connectivity index (χ4v) is 2.88. The maximum Gasteiger partial charge on any atom is 0.123 e. The molecule has 1 saturated heterocycles. The van der Waals surface area contributed by atoms with Gasteiger partial charge < -0.3 is 15.4 Å². The molecule has 2 N–H and O–H groups in total. The Morgan fingerprint density at radius 2 is 1.95 bits per heavy atom. The number of para-hydroxylation sites is 1. The predicted molar refractivity (Wildman–Crippen MR) is 78.7 cm³/mol. The summed E-state index contributed by atoms with van der Waals surface area (Å²) in [4.78, 5) is 2.53. The number of nitrogens with one attached hydrogen (secondary N) is 2. The monoisotopic (exact) mass is 263 g/mol. The highest BCUT2D eigenvalue weighted by atomic mass is 16.5. The Kier molecular flexibility index (Phi) is 5.19. The topological polar surface area (TPSA) is 36.5 Å². The van der Waals surface area contributed by atoms with Crippen LogP contribution in [0.1, 0.15) is 18.5 Å². The Morgan fingerprint density at radius 1 is 1.26 bits per heavy atom. The van der Waals surface area contributed by atoms with Gasteiger partial charge >= 0.3 is 0 Å². The van der Waals surface area contributed by atoms with Gasteiger partial charge in [0, 0.05) is 37.8 Å². The Labute approximate surface area is 116 Å². The number of methoxy groups -OCH3 is 1. The van der Waals surface area contributed by atoms with Crippen molar-refractivity contribution in [3.8, 4) is 5.75 Å². The van der Waals surface area contributed by atoms with E-state index < -0.39 is 0 Å². The van der Waals surface area contributed by atoms with E-state index >= 15 is 0 Å². The van der Waals surface area contributed by atoms with Gasteiger partial charge in [-0.2, -0.15) is 0 Å². The zero-order chi connectivity index (χ0) is 13.7. The van der Waals surface area contributed by atoms with Crippen molar-refractivity contribution in [2.75, 3.05) is 40.3 Å². The van der Waals surface area contributed by atoms with E-state index in [2.05, 4.69) is 34.6 Å². The first-order valence-corrected chi connectivity index (χ1v) is 7.03. The maximum absolute atomic E-state index is 5.49. The number of ether oxygens (including phenoxy) is 1. The standard InChI is InChI=1S/C15H25N3O/c1-12(18-10-8-17-9-11-18)15(16-2)13-6-4-5-7-14(13)19-3/h4-7,12,15-17H,8-11H2,1-3H3. The maximum atomic E-state index is 5.49. The Hall–Kier alpha value is -1.10. The van der Waals surface area contributed by atoms with Gasteiger partial charge in [0.1, 0.15) is 5.75 Å². The normalized spacial score (nSPS) is 19.9. The number of rotatable bonds is 5. The number of nitrogens with zero attached hydrogens (tertiary/aromatic N) is 1. The summed E-state index contributed by atoms with van der Waals surface area (Å²) >= 11 is 0. The smallest absolute Gasteiger partial charge is 0.123 e. The third-order valence-electron chi connectivity index (χ3n) is 3.99. The average Bonchev–Trinajstić information content (AvgIpc) is 2.49. The van der Waals surface area contributed by atoms with Crippen LogP contribution in [-0.4, -0.2) is 51.3 Å². The second-order valence-electron chi connectivity index (χ2n) is 5.03. The lowest BCUT2D eigenvalue weighted by Gasteiger charge is -2.37. The molecule has 2 unspecified atom stereocenters. The number of hydrogen-bond acceptors (Lipinski definition) is 4. The van der Waals surface area contributed by atoms with Crippen LogP contribution in [0.2, 0.25) is 0 Å². The van der Waals surface area contributed by atoms with E-state index in [4.69, 9.17) is 4.74 Å². The van der Waals surface area contributed by atoms with Crippen LogP contribution in [0.5, 0.6) is 5.75 Å². The summed E-state index contributed by atoms with van der Waals surface area (Å²) in [6.07, 6.45) is 0. The fraction of sp³-hybridized carbons (Fsp3) is 0.600. The van der Waals surface area contributed by atoms with Crippen molar-refractivity contribution < 1.29 is 4.74 Å². The van der Waals surface area contributed by atoms with Crippen molar-refractivity contribution in [2.45, 2.75) is 19.0 Å². The Balaban J connectivity index is 2.18. The molecule has 0 amide bonds. The molecule has 0 saturated carbocycles. The minimum absolute atomic E-state index is 0.286. The van der Waals surface area contributed by atoms with Gasteiger partial charge in [-0.05, 0) is 20.0 Å². The van der Waals surface area contributed by atoms with Crippen LogP contribution in [0.25, 0.3) is 0 Å². The number of hydrogen-bond donors (Lipinski definition) is 2. The molecule has 19 heavy (non-hydrogen) atoms. The molecular formula is C15H25N3O. The predicted octanol–water partition coefficient (Wildman–Crippen LogP) is 1.25. The summed E-state index contributed by atoms with van der Waals surface area (Å²) < 4.78 is 5.49. The molecule has 0 aromatic heterocycles. The van der Waals surface area contributed by atoms with Crippen molar-refractivity contribution in [2.24, 2.45) is 0 Å². The van der Waals surface area contributed by atoms with Crippen LogP contribution in [0.4, 0.5) is 0 Å². The van der Waals surface area contributed by atoms with Gasteiger partial charge in [0.2, 0.25) is 0 Å². The summed E-state index contributed by atoms with van der Waals surface area (Å²) in [5.74, 6) is 0.962. The highest BCUT2D eigenvalue weighted by molar-refractivity contribution is 5.36. The third-order valence-corrected chi connectivity index (χ3v) is 3.99. The van der Waals surface area contributed by atoms with Crippen LogP contribution in [0, 0.1) is 0 Å². The minimum atomic E-state index is 0.286.